The van der Waals surface area contributed by atoms with Crippen molar-refractivity contribution in [3.8, 4) is 0 Å². The second kappa shape index (κ2) is 6.23. The van der Waals surface area contributed by atoms with Crippen LogP contribution >= 0.6 is 0 Å². The van der Waals surface area contributed by atoms with Crippen molar-refractivity contribution in [3.63, 3.8) is 0 Å². The summed E-state index contributed by atoms with van der Waals surface area (Å²) in [5, 5.41) is 2.77. The van der Waals surface area contributed by atoms with E-state index in [0.717, 1.165) is 0 Å². The van der Waals surface area contributed by atoms with Crippen LogP contribution in [0.25, 0.3) is 0 Å². The third-order valence-electron chi connectivity index (χ3n) is 2.81. The smallest absolute Gasteiger partial charge is 0.407 e. The van der Waals surface area contributed by atoms with Gasteiger partial charge in [0.1, 0.15) is 11.6 Å². The number of carbonyl (C=O) groups excluding carboxylic acids is 2. The van der Waals surface area contributed by atoms with E-state index in [1.54, 1.807) is 6.92 Å². The number of hydrogen-bond donors (Lipinski definition) is 1. The van der Waals surface area contributed by atoms with Crippen molar-refractivity contribution in [2.75, 3.05) is 19.7 Å². The Hall–Kier alpha value is -1.30. The van der Waals surface area contributed by atoms with Crippen molar-refractivity contribution in [2.24, 2.45) is 0 Å². The molecule has 0 spiro atoms. The molecule has 1 saturated heterocycles. The number of esters is 1. The molecule has 0 aromatic carbocycles. The highest BCUT2D eigenvalue weighted by atomic mass is 16.6. The molecule has 0 aliphatic carbocycles. The van der Waals surface area contributed by atoms with Crippen LogP contribution in [0, 0.1) is 0 Å². The highest BCUT2D eigenvalue weighted by Gasteiger charge is 2.35. The molecule has 0 bridgehead atoms. The average Bonchev–Trinajstić information content (AvgIpc) is 2.19. The number of likely N-dealkylation sites (tertiary alicyclic amines) is 1. The van der Waals surface area contributed by atoms with Crippen LogP contribution < -0.4 is 5.32 Å². The van der Waals surface area contributed by atoms with Crippen molar-refractivity contribution < 1.29 is 19.1 Å². The van der Waals surface area contributed by atoms with Crippen LogP contribution in [0.1, 0.15) is 34.6 Å². The van der Waals surface area contributed by atoms with Crippen molar-refractivity contribution in [3.05, 3.63) is 0 Å². The van der Waals surface area contributed by atoms with Gasteiger partial charge in [-0.05, 0) is 34.6 Å². The first kappa shape index (κ1) is 15.8. The summed E-state index contributed by atoms with van der Waals surface area (Å²) in [6.07, 6.45) is -0.416. The van der Waals surface area contributed by atoms with Crippen molar-refractivity contribution in [1.29, 1.82) is 0 Å². The van der Waals surface area contributed by atoms with Crippen molar-refractivity contribution in [1.82, 2.24) is 10.2 Å². The Bertz CT molecular complexity index is 332. The molecule has 6 nitrogen and oxygen atoms in total. The van der Waals surface area contributed by atoms with Gasteiger partial charge >= 0.3 is 12.1 Å². The first-order valence-electron chi connectivity index (χ1n) is 6.63. The molecule has 1 N–H and O–H groups in total. The van der Waals surface area contributed by atoms with E-state index in [2.05, 4.69) is 5.32 Å². The SMILES string of the molecule is CCOC(=O)C(C)N1CC(NC(=O)OC(C)(C)C)C1. The minimum absolute atomic E-state index is 0.0340. The first-order valence-corrected chi connectivity index (χ1v) is 6.63. The maximum Gasteiger partial charge on any atom is 0.407 e. The molecule has 6 heteroatoms. The number of rotatable bonds is 4. The summed E-state index contributed by atoms with van der Waals surface area (Å²) in [6.45, 7) is 10.7. The molecule has 0 aromatic heterocycles. The Morgan fingerprint density at radius 3 is 2.42 bits per heavy atom. The third-order valence-corrected chi connectivity index (χ3v) is 2.81. The number of ether oxygens (including phenoxy) is 2. The summed E-state index contributed by atoms with van der Waals surface area (Å²) >= 11 is 0. The molecule has 0 radical (unpaired) electrons. The van der Waals surface area contributed by atoms with Gasteiger partial charge in [-0.25, -0.2) is 4.79 Å². The fourth-order valence-corrected chi connectivity index (χ4v) is 1.81. The number of hydrogen-bond acceptors (Lipinski definition) is 5. The lowest BCUT2D eigenvalue weighted by atomic mass is 10.1. The van der Waals surface area contributed by atoms with E-state index in [-0.39, 0.29) is 18.1 Å². The molecule has 1 atom stereocenters. The van der Waals surface area contributed by atoms with Crippen LogP contribution in [-0.4, -0.2) is 54.3 Å². The van der Waals surface area contributed by atoms with E-state index >= 15 is 0 Å². The molecule has 1 rings (SSSR count). The van der Waals surface area contributed by atoms with Gasteiger partial charge in [0.25, 0.3) is 0 Å². The fraction of sp³-hybridized carbons (Fsp3) is 0.846. The van der Waals surface area contributed by atoms with Gasteiger partial charge in [0.05, 0.1) is 12.6 Å². The molecule has 1 heterocycles. The largest absolute Gasteiger partial charge is 0.465 e. The highest BCUT2D eigenvalue weighted by Crippen LogP contribution is 2.14. The molecule has 1 amide bonds. The first-order chi connectivity index (χ1) is 8.73. The lowest BCUT2D eigenvalue weighted by molar-refractivity contribution is -0.150. The minimum atomic E-state index is -0.494. The van der Waals surface area contributed by atoms with Gasteiger partial charge in [-0.1, -0.05) is 0 Å². The number of nitrogens with zero attached hydrogens (tertiary/aromatic N) is 1. The van der Waals surface area contributed by atoms with Crippen LogP contribution in [0.15, 0.2) is 0 Å². The van der Waals surface area contributed by atoms with Gasteiger partial charge in [0.15, 0.2) is 0 Å². The third kappa shape index (κ3) is 5.06. The van der Waals surface area contributed by atoms with Crippen molar-refractivity contribution in [2.45, 2.75) is 52.3 Å². The van der Waals surface area contributed by atoms with Crippen molar-refractivity contribution >= 4 is 12.1 Å². The number of amides is 1. The summed E-state index contributed by atoms with van der Waals surface area (Å²) in [7, 11) is 0. The van der Waals surface area contributed by atoms with E-state index in [0.29, 0.717) is 19.7 Å². The lowest BCUT2D eigenvalue weighted by Gasteiger charge is -2.42. The molecule has 1 aliphatic rings. The average molecular weight is 272 g/mol. The summed E-state index contributed by atoms with van der Waals surface area (Å²) in [4.78, 5) is 25.0. The number of alkyl carbamates (subject to hydrolysis) is 1. The van der Waals surface area contributed by atoms with E-state index in [1.165, 1.54) is 0 Å². The second-order valence-corrected chi connectivity index (χ2v) is 5.73. The Morgan fingerprint density at radius 1 is 1.37 bits per heavy atom. The molecule has 0 saturated carbocycles. The standard InChI is InChI=1S/C13H24N2O4/c1-6-18-11(16)9(2)15-7-10(8-15)14-12(17)19-13(3,4)5/h9-10H,6-8H2,1-5H3,(H,14,17). The Morgan fingerprint density at radius 2 is 1.95 bits per heavy atom. The second-order valence-electron chi connectivity index (χ2n) is 5.73. The van der Waals surface area contributed by atoms with Gasteiger partial charge in [-0.3, -0.25) is 9.69 Å². The summed E-state index contributed by atoms with van der Waals surface area (Å²) in [5.74, 6) is -0.224. The normalized spacial score (nSPS) is 18.4. The zero-order chi connectivity index (χ0) is 14.6. The Labute approximate surface area is 114 Å². The van der Waals surface area contributed by atoms with Crippen LogP contribution in [-0.2, 0) is 14.3 Å². The van der Waals surface area contributed by atoms with Crippen LogP contribution in [0.5, 0.6) is 0 Å². The van der Waals surface area contributed by atoms with Gasteiger partial charge in [-0.15, -0.1) is 0 Å². The predicted octanol–water partition coefficient (Wildman–Crippen LogP) is 1.15. The summed E-state index contributed by atoms with van der Waals surface area (Å²) in [5.41, 5.74) is -0.494. The number of nitrogens with one attached hydrogen (secondary N) is 1. The molecule has 0 aromatic rings. The molecular formula is C13H24N2O4. The van der Waals surface area contributed by atoms with E-state index in [9.17, 15) is 9.59 Å². The minimum Gasteiger partial charge on any atom is -0.465 e. The van der Waals surface area contributed by atoms with E-state index < -0.39 is 11.7 Å². The van der Waals surface area contributed by atoms with Gasteiger partial charge in [-0.2, -0.15) is 0 Å². The molecule has 19 heavy (non-hydrogen) atoms. The topological polar surface area (TPSA) is 67.9 Å². The van der Waals surface area contributed by atoms with E-state index in [4.69, 9.17) is 9.47 Å². The van der Waals surface area contributed by atoms with Crippen LogP contribution in [0.2, 0.25) is 0 Å². The van der Waals surface area contributed by atoms with Gasteiger partial charge in [0.2, 0.25) is 0 Å². The fourth-order valence-electron chi connectivity index (χ4n) is 1.81. The van der Waals surface area contributed by atoms with Gasteiger partial charge < -0.3 is 14.8 Å². The predicted molar refractivity (Wildman–Crippen MR) is 70.8 cm³/mol. The summed E-state index contributed by atoms with van der Waals surface area (Å²) < 4.78 is 10.1. The molecule has 1 aliphatic heterocycles. The van der Waals surface area contributed by atoms with Crippen LogP contribution in [0.3, 0.4) is 0 Å². The molecule has 1 unspecified atom stereocenters. The Kier molecular flexibility index (Phi) is 5.17. The monoisotopic (exact) mass is 272 g/mol. The maximum atomic E-state index is 11.5. The van der Waals surface area contributed by atoms with Gasteiger partial charge in [0, 0.05) is 13.1 Å². The zero-order valence-electron chi connectivity index (χ0n) is 12.4. The molecular weight excluding hydrogens is 248 g/mol. The quantitative estimate of drug-likeness (QED) is 0.777. The summed E-state index contributed by atoms with van der Waals surface area (Å²) in [6, 6.07) is -0.233. The number of carbonyl (C=O) groups is 2. The molecule has 1 fully saturated rings. The maximum absolute atomic E-state index is 11.5. The van der Waals surface area contributed by atoms with E-state index in [1.807, 2.05) is 32.6 Å². The zero-order valence-corrected chi connectivity index (χ0v) is 12.4. The highest BCUT2D eigenvalue weighted by molar-refractivity contribution is 5.75. The lowest BCUT2D eigenvalue weighted by Crippen LogP contribution is -2.63. The molecule has 110 valence electrons. The van der Waals surface area contributed by atoms with Crippen LogP contribution in [0.4, 0.5) is 4.79 Å². The Balaban J connectivity index is 2.27.